The van der Waals surface area contributed by atoms with Gasteiger partial charge in [0.2, 0.25) is 5.75 Å². The lowest BCUT2D eigenvalue weighted by Crippen LogP contribution is -1.86. The zero-order chi connectivity index (χ0) is 9.14. The third-order valence-electron chi connectivity index (χ3n) is 1.35. The van der Waals surface area contributed by atoms with Crippen LogP contribution in [0.25, 0.3) is 0 Å². The molecule has 5 heteroatoms. The average molecular weight is 190 g/mol. The van der Waals surface area contributed by atoms with Crippen molar-refractivity contribution < 1.29 is 18.6 Å². The standard InChI is InChI=1S/C7H10O4S/c1-8-4-5(12)7(10-3)11-6(4)9-2/h12H,1-3H3. The molecule has 4 nitrogen and oxygen atoms in total. The van der Waals surface area contributed by atoms with Crippen LogP contribution in [0.5, 0.6) is 17.6 Å². The minimum atomic E-state index is 0.263. The molecule has 1 rings (SSSR count). The Morgan fingerprint density at radius 2 is 1.58 bits per heavy atom. The second-order valence-corrected chi connectivity index (χ2v) is 2.41. The molecule has 68 valence electrons. The minimum absolute atomic E-state index is 0.263. The van der Waals surface area contributed by atoms with Gasteiger partial charge in [0.1, 0.15) is 4.90 Å². The van der Waals surface area contributed by atoms with Gasteiger partial charge in [-0.1, -0.05) is 0 Å². The summed E-state index contributed by atoms with van der Waals surface area (Å²) in [6.45, 7) is 0. The third kappa shape index (κ3) is 1.32. The Morgan fingerprint density at radius 1 is 1.00 bits per heavy atom. The van der Waals surface area contributed by atoms with Gasteiger partial charge in [-0.3, -0.25) is 0 Å². The maximum atomic E-state index is 5.09. The number of ether oxygens (including phenoxy) is 3. The van der Waals surface area contributed by atoms with Crippen LogP contribution in [0.1, 0.15) is 0 Å². The predicted octanol–water partition coefficient (Wildman–Crippen LogP) is 1.59. The monoisotopic (exact) mass is 190 g/mol. The van der Waals surface area contributed by atoms with E-state index in [0.29, 0.717) is 10.6 Å². The molecule has 0 atom stereocenters. The van der Waals surface area contributed by atoms with Crippen LogP contribution < -0.4 is 14.2 Å². The van der Waals surface area contributed by atoms with Crippen LogP contribution in [-0.4, -0.2) is 21.3 Å². The molecule has 1 aromatic rings. The van der Waals surface area contributed by atoms with Crippen molar-refractivity contribution in [1.82, 2.24) is 0 Å². The maximum Gasteiger partial charge on any atom is 0.332 e. The zero-order valence-corrected chi connectivity index (χ0v) is 7.97. The molecule has 0 radical (unpaired) electrons. The first kappa shape index (κ1) is 9.12. The molecule has 0 aliphatic carbocycles. The summed E-state index contributed by atoms with van der Waals surface area (Å²) >= 11 is 4.12. The van der Waals surface area contributed by atoms with Gasteiger partial charge in [-0.2, -0.15) is 0 Å². The van der Waals surface area contributed by atoms with E-state index in [9.17, 15) is 0 Å². The van der Waals surface area contributed by atoms with E-state index in [-0.39, 0.29) is 11.9 Å². The van der Waals surface area contributed by atoms with Crippen molar-refractivity contribution >= 4 is 12.6 Å². The summed E-state index contributed by atoms with van der Waals surface area (Å²) in [7, 11) is 4.47. The molecular weight excluding hydrogens is 180 g/mol. The second-order valence-electron chi connectivity index (χ2n) is 1.97. The average Bonchev–Trinajstić information content (AvgIpc) is 2.41. The number of thiol groups is 1. The molecule has 0 saturated heterocycles. The van der Waals surface area contributed by atoms with Crippen LogP contribution in [0.15, 0.2) is 9.31 Å². The van der Waals surface area contributed by atoms with Gasteiger partial charge >= 0.3 is 11.9 Å². The van der Waals surface area contributed by atoms with Crippen molar-refractivity contribution in [2.75, 3.05) is 21.3 Å². The molecule has 1 aromatic heterocycles. The van der Waals surface area contributed by atoms with E-state index in [1.54, 1.807) is 0 Å². The summed E-state index contributed by atoms with van der Waals surface area (Å²) in [6.07, 6.45) is 0. The molecule has 0 saturated carbocycles. The highest BCUT2D eigenvalue weighted by molar-refractivity contribution is 7.80. The van der Waals surface area contributed by atoms with E-state index >= 15 is 0 Å². The van der Waals surface area contributed by atoms with Gasteiger partial charge in [-0.05, 0) is 0 Å². The van der Waals surface area contributed by atoms with E-state index in [0.717, 1.165) is 0 Å². The molecule has 0 aromatic carbocycles. The molecule has 0 aliphatic heterocycles. The quantitative estimate of drug-likeness (QED) is 0.735. The van der Waals surface area contributed by atoms with E-state index in [4.69, 9.17) is 18.6 Å². The lowest BCUT2D eigenvalue weighted by atomic mass is 10.5. The van der Waals surface area contributed by atoms with Gasteiger partial charge in [0.25, 0.3) is 0 Å². The van der Waals surface area contributed by atoms with Gasteiger partial charge in [0.05, 0.1) is 21.3 Å². The van der Waals surface area contributed by atoms with Crippen molar-refractivity contribution in [1.29, 1.82) is 0 Å². The van der Waals surface area contributed by atoms with Crippen molar-refractivity contribution in [2.45, 2.75) is 4.90 Å². The Hall–Kier alpha value is -0.970. The zero-order valence-electron chi connectivity index (χ0n) is 7.08. The van der Waals surface area contributed by atoms with Crippen molar-refractivity contribution in [3.8, 4) is 17.6 Å². The fourth-order valence-electron chi connectivity index (χ4n) is 0.821. The first-order valence-electron chi connectivity index (χ1n) is 3.22. The van der Waals surface area contributed by atoms with Crippen LogP contribution in [0.2, 0.25) is 0 Å². The predicted molar refractivity (Wildman–Crippen MR) is 45.6 cm³/mol. The lowest BCUT2D eigenvalue weighted by Gasteiger charge is -1.97. The summed E-state index contributed by atoms with van der Waals surface area (Å²) in [5.41, 5.74) is 0. The fraction of sp³-hybridized carbons (Fsp3) is 0.429. The Kier molecular flexibility index (Phi) is 2.75. The second kappa shape index (κ2) is 3.62. The SMILES string of the molecule is COc1oc(OC)c(OC)c1S. The van der Waals surface area contributed by atoms with Gasteiger partial charge in [0, 0.05) is 0 Å². The fourth-order valence-corrected chi connectivity index (χ4v) is 1.14. The first-order valence-corrected chi connectivity index (χ1v) is 3.67. The molecule has 1 heterocycles. The summed E-state index contributed by atoms with van der Waals surface area (Å²) in [4.78, 5) is 0.497. The highest BCUT2D eigenvalue weighted by atomic mass is 32.1. The maximum absolute atomic E-state index is 5.09. The van der Waals surface area contributed by atoms with Gasteiger partial charge in [-0.15, -0.1) is 12.6 Å². The molecule has 0 unspecified atom stereocenters. The molecule has 0 amide bonds. The van der Waals surface area contributed by atoms with E-state index < -0.39 is 0 Å². The molecular formula is C7H10O4S. The Bertz CT molecular complexity index is 269. The highest BCUT2D eigenvalue weighted by Crippen LogP contribution is 2.43. The number of methoxy groups -OCH3 is 3. The molecule has 0 fully saturated rings. The first-order chi connectivity index (χ1) is 5.74. The van der Waals surface area contributed by atoms with E-state index in [1.807, 2.05) is 0 Å². The van der Waals surface area contributed by atoms with Crippen molar-refractivity contribution in [3.63, 3.8) is 0 Å². The third-order valence-corrected chi connectivity index (χ3v) is 1.74. The number of hydrogen-bond acceptors (Lipinski definition) is 5. The topological polar surface area (TPSA) is 40.8 Å². The van der Waals surface area contributed by atoms with Gasteiger partial charge in [0.15, 0.2) is 0 Å². The molecule has 0 N–H and O–H groups in total. The Labute approximate surface area is 75.8 Å². The Balaban J connectivity index is 3.13. The Morgan fingerprint density at radius 3 is 1.92 bits per heavy atom. The normalized spacial score (nSPS) is 9.67. The highest BCUT2D eigenvalue weighted by Gasteiger charge is 2.19. The smallest absolute Gasteiger partial charge is 0.332 e. The summed E-state index contributed by atoms with van der Waals surface area (Å²) in [5.74, 6) is 0.990. The van der Waals surface area contributed by atoms with Gasteiger partial charge in [-0.25, -0.2) is 0 Å². The van der Waals surface area contributed by atoms with Crippen LogP contribution in [0.4, 0.5) is 0 Å². The van der Waals surface area contributed by atoms with Gasteiger partial charge < -0.3 is 18.6 Å². The van der Waals surface area contributed by atoms with E-state index in [1.165, 1.54) is 21.3 Å². The summed E-state index contributed by atoms with van der Waals surface area (Å²) in [5, 5.41) is 0. The van der Waals surface area contributed by atoms with Crippen molar-refractivity contribution in [3.05, 3.63) is 0 Å². The summed E-state index contributed by atoms with van der Waals surface area (Å²) in [6, 6.07) is 0. The van der Waals surface area contributed by atoms with Crippen molar-refractivity contribution in [2.24, 2.45) is 0 Å². The summed E-state index contributed by atoms with van der Waals surface area (Å²) < 4.78 is 19.8. The van der Waals surface area contributed by atoms with E-state index in [2.05, 4.69) is 12.6 Å². The molecule has 0 bridgehead atoms. The minimum Gasteiger partial charge on any atom is -0.489 e. The molecule has 12 heavy (non-hydrogen) atoms. The lowest BCUT2D eigenvalue weighted by molar-refractivity contribution is 0.233. The number of rotatable bonds is 3. The molecule has 0 spiro atoms. The molecule has 0 aliphatic rings. The largest absolute Gasteiger partial charge is 0.489 e. The van der Waals surface area contributed by atoms with Crippen LogP contribution in [0.3, 0.4) is 0 Å². The van der Waals surface area contributed by atoms with Crippen LogP contribution in [0, 0.1) is 0 Å². The number of furan rings is 1. The van der Waals surface area contributed by atoms with Crippen LogP contribution >= 0.6 is 12.6 Å². The number of hydrogen-bond donors (Lipinski definition) is 1. The van der Waals surface area contributed by atoms with Crippen LogP contribution in [-0.2, 0) is 0 Å².